The van der Waals surface area contributed by atoms with Gasteiger partial charge in [0.05, 0.1) is 19.2 Å². The van der Waals surface area contributed by atoms with Crippen LogP contribution < -0.4 is 14.2 Å². The van der Waals surface area contributed by atoms with Gasteiger partial charge < -0.3 is 14.2 Å². The third-order valence-electron chi connectivity index (χ3n) is 3.74. The molecule has 5 heteroatoms. The highest BCUT2D eigenvalue weighted by Gasteiger charge is 2.09. The van der Waals surface area contributed by atoms with E-state index in [2.05, 4.69) is 4.98 Å². The number of pyridine rings is 1. The molecule has 0 fully saturated rings. The van der Waals surface area contributed by atoms with Crippen LogP contribution in [0.15, 0.2) is 60.9 Å². The second kappa shape index (κ2) is 7.90. The lowest BCUT2D eigenvalue weighted by atomic mass is 10.0. The molecule has 25 heavy (non-hydrogen) atoms. The predicted molar refractivity (Wildman–Crippen MR) is 98.6 cm³/mol. The van der Waals surface area contributed by atoms with Gasteiger partial charge in [-0.05, 0) is 36.4 Å². The third-order valence-corrected chi connectivity index (χ3v) is 4.06. The van der Waals surface area contributed by atoms with Gasteiger partial charge in [-0.15, -0.1) is 0 Å². The molecule has 3 aromatic rings. The molecule has 0 saturated heterocycles. The first kappa shape index (κ1) is 17.1. The molecule has 0 spiro atoms. The van der Waals surface area contributed by atoms with Gasteiger partial charge in [-0.2, -0.15) is 0 Å². The molecular weight excluding hydrogens is 338 g/mol. The number of nitrogens with zero attached hydrogens (tertiary/aromatic N) is 1. The van der Waals surface area contributed by atoms with Crippen molar-refractivity contribution >= 4 is 11.6 Å². The summed E-state index contributed by atoms with van der Waals surface area (Å²) >= 11 is 6.12. The molecule has 0 aliphatic carbocycles. The first-order valence-electron chi connectivity index (χ1n) is 7.75. The number of benzene rings is 2. The van der Waals surface area contributed by atoms with Crippen molar-refractivity contribution in [2.45, 2.75) is 6.61 Å². The topological polar surface area (TPSA) is 40.6 Å². The van der Waals surface area contributed by atoms with Gasteiger partial charge in [-0.25, -0.2) is 0 Å². The van der Waals surface area contributed by atoms with Crippen molar-refractivity contribution in [3.05, 3.63) is 71.5 Å². The molecule has 0 amide bonds. The Morgan fingerprint density at radius 2 is 1.76 bits per heavy atom. The summed E-state index contributed by atoms with van der Waals surface area (Å²) in [5.74, 6) is 2.16. The number of aromatic nitrogens is 1. The zero-order valence-corrected chi connectivity index (χ0v) is 14.8. The molecule has 0 unspecified atom stereocenters. The van der Waals surface area contributed by atoms with Crippen molar-refractivity contribution in [3.8, 4) is 28.4 Å². The van der Waals surface area contributed by atoms with Gasteiger partial charge >= 0.3 is 0 Å². The number of hydrogen-bond donors (Lipinski definition) is 0. The lowest BCUT2D eigenvalue weighted by Gasteiger charge is -2.12. The van der Waals surface area contributed by atoms with Crippen LogP contribution in [0.1, 0.15) is 5.56 Å². The normalized spacial score (nSPS) is 10.4. The van der Waals surface area contributed by atoms with Crippen LogP contribution in [-0.4, -0.2) is 19.2 Å². The lowest BCUT2D eigenvalue weighted by Crippen LogP contribution is -1.98. The van der Waals surface area contributed by atoms with Crippen molar-refractivity contribution in [2.75, 3.05) is 14.2 Å². The Hall–Kier alpha value is -2.72. The molecule has 0 saturated carbocycles. The highest BCUT2D eigenvalue weighted by Crippen LogP contribution is 2.33. The minimum absolute atomic E-state index is 0.372. The van der Waals surface area contributed by atoms with Crippen molar-refractivity contribution < 1.29 is 14.2 Å². The molecule has 2 aromatic carbocycles. The first-order valence-corrected chi connectivity index (χ1v) is 8.12. The zero-order valence-electron chi connectivity index (χ0n) is 14.0. The van der Waals surface area contributed by atoms with Gasteiger partial charge in [0.25, 0.3) is 0 Å². The number of methoxy groups -OCH3 is 2. The van der Waals surface area contributed by atoms with Crippen molar-refractivity contribution in [1.29, 1.82) is 0 Å². The van der Waals surface area contributed by atoms with Crippen molar-refractivity contribution in [2.24, 2.45) is 0 Å². The monoisotopic (exact) mass is 355 g/mol. The molecule has 0 aliphatic rings. The van der Waals surface area contributed by atoms with Crippen molar-refractivity contribution in [3.63, 3.8) is 0 Å². The van der Waals surface area contributed by atoms with Gasteiger partial charge in [-0.1, -0.05) is 23.7 Å². The number of halogens is 1. The summed E-state index contributed by atoms with van der Waals surface area (Å²) in [4.78, 5) is 4.32. The summed E-state index contributed by atoms with van der Waals surface area (Å²) in [5.41, 5.74) is 2.77. The third kappa shape index (κ3) is 4.03. The Kier molecular flexibility index (Phi) is 5.41. The highest BCUT2D eigenvalue weighted by atomic mass is 35.5. The Morgan fingerprint density at radius 1 is 0.920 bits per heavy atom. The fraction of sp³-hybridized carbons (Fsp3) is 0.150. The van der Waals surface area contributed by atoms with E-state index in [1.807, 2.05) is 42.5 Å². The number of ether oxygens (including phenoxy) is 3. The van der Waals surface area contributed by atoms with Crippen LogP contribution >= 0.6 is 11.6 Å². The lowest BCUT2D eigenvalue weighted by molar-refractivity contribution is 0.306. The van der Waals surface area contributed by atoms with Crippen molar-refractivity contribution in [1.82, 2.24) is 4.98 Å². The maximum atomic E-state index is 6.12. The largest absolute Gasteiger partial charge is 0.497 e. The summed E-state index contributed by atoms with van der Waals surface area (Å²) in [6.07, 6.45) is 3.56. The van der Waals surface area contributed by atoms with Gasteiger partial charge in [0, 0.05) is 29.1 Å². The Balaban J connectivity index is 1.86. The summed E-state index contributed by atoms with van der Waals surface area (Å²) in [7, 11) is 3.28. The maximum absolute atomic E-state index is 6.12. The molecule has 4 nitrogen and oxygen atoms in total. The maximum Gasteiger partial charge on any atom is 0.138 e. The van der Waals surface area contributed by atoms with E-state index in [4.69, 9.17) is 25.8 Å². The SMILES string of the molecule is COc1ccc(OC)c(-c2cncc(COc3ccccc3Cl)c2)c1. The number of para-hydroxylation sites is 1. The molecule has 0 N–H and O–H groups in total. The molecule has 0 atom stereocenters. The van der Waals surface area contributed by atoms with Crippen LogP contribution in [0, 0.1) is 0 Å². The first-order chi connectivity index (χ1) is 12.2. The smallest absolute Gasteiger partial charge is 0.138 e. The summed E-state index contributed by atoms with van der Waals surface area (Å²) in [6.45, 7) is 0.372. The molecular formula is C20H18ClNO3. The van der Waals surface area contributed by atoms with E-state index < -0.39 is 0 Å². The van der Waals surface area contributed by atoms with Crippen LogP contribution in [-0.2, 0) is 6.61 Å². The highest BCUT2D eigenvalue weighted by molar-refractivity contribution is 6.32. The van der Waals surface area contributed by atoms with E-state index in [0.29, 0.717) is 17.4 Å². The molecule has 3 rings (SSSR count). The van der Waals surface area contributed by atoms with Crippen LogP contribution in [0.25, 0.3) is 11.1 Å². The van der Waals surface area contributed by atoms with E-state index in [9.17, 15) is 0 Å². The molecule has 0 radical (unpaired) electrons. The molecule has 1 aromatic heterocycles. The summed E-state index contributed by atoms with van der Waals surface area (Å²) < 4.78 is 16.5. The Morgan fingerprint density at radius 3 is 2.52 bits per heavy atom. The van der Waals surface area contributed by atoms with Gasteiger partial charge in [-0.3, -0.25) is 4.98 Å². The second-order valence-corrected chi connectivity index (χ2v) is 5.77. The molecule has 128 valence electrons. The van der Waals surface area contributed by atoms with E-state index in [1.165, 1.54) is 0 Å². The summed E-state index contributed by atoms with van der Waals surface area (Å²) in [5, 5.41) is 0.584. The van der Waals surface area contributed by atoms with Gasteiger partial charge in [0.1, 0.15) is 23.9 Å². The average molecular weight is 356 g/mol. The molecule has 0 bridgehead atoms. The fourth-order valence-electron chi connectivity index (χ4n) is 2.48. The van der Waals surface area contributed by atoms with E-state index >= 15 is 0 Å². The van der Waals surface area contributed by atoms with Crippen LogP contribution in [0.2, 0.25) is 5.02 Å². The van der Waals surface area contributed by atoms with Crippen LogP contribution in [0.3, 0.4) is 0 Å². The van der Waals surface area contributed by atoms with E-state index in [0.717, 1.165) is 28.2 Å². The quantitative estimate of drug-likeness (QED) is 0.624. The average Bonchev–Trinajstić information content (AvgIpc) is 2.67. The van der Waals surface area contributed by atoms with Crippen LogP contribution in [0.5, 0.6) is 17.2 Å². The van der Waals surface area contributed by atoms with E-state index in [1.54, 1.807) is 32.7 Å². The minimum atomic E-state index is 0.372. The van der Waals surface area contributed by atoms with Crippen LogP contribution in [0.4, 0.5) is 0 Å². The van der Waals surface area contributed by atoms with Gasteiger partial charge in [0.2, 0.25) is 0 Å². The summed E-state index contributed by atoms with van der Waals surface area (Å²) in [6, 6.07) is 15.1. The minimum Gasteiger partial charge on any atom is -0.497 e. The molecule has 1 heterocycles. The molecule has 0 aliphatic heterocycles. The standard InChI is InChI=1S/C20H18ClNO3/c1-23-16-7-8-19(24-2)17(10-16)15-9-14(11-22-12-15)13-25-20-6-4-3-5-18(20)21/h3-12H,13H2,1-2H3. The number of hydrogen-bond acceptors (Lipinski definition) is 4. The van der Waals surface area contributed by atoms with E-state index in [-0.39, 0.29) is 0 Å². The zero-order chi connectivity index (χ0) is 17.6. The number of rotatable bonds is 6. The van der Waals surface area contributed by atoms with Gasteiger partial charge in [0.15, 0.2) is 0 Å². The Bertz CT molecular complexity index is 867. The second-order valence-electron chi connectivity index (χ2n) is 5.37. The predicted octanol–water partition coefficient (Wildman–Crippen LogP) is 5.00. The fourth-order valence-corrected chi connectivity index (χ4v) is 2.67. The Labute approximate surface area is 152 Å².